The highest BCUT2D eigenvalue weighted by Gasteiger charge is 2.50. The molecule has 0 aromatic carbocycles. The molecule has 0 bridgehead atoms. The molecule has 0 amide bonds. The lowest BCUT2D eigenvalue weighted by molar-refractivity contribution is 0.0395. The highest BCUT2D eigenvalue weighted by atomic mass is 32.2. The third-order valence-corrected chi connectivity index (χ3v) is 7.02. The molecule has 0 aliphatic carbocycles. The predicted octanol–water partition coefficient (Wildman–Crippen LogP) is 2.43. The number of allylic oxidation sites excluding steroid dienone is 2. The Hall–Kier alpha value is -0.390. The van der Waals surface area contributed by atoms with Crippen molar-refractivity contribution in [2.45, 2.75) is 60.0 Å². The van der Waals surface area contributed by atoms with E-state index in [2.05, 4.69) is 32.6 Å². The Morgan fingerprint density at radius 3 is 2.35 bits per heavy atom. The molecule has 0 aromatic rings. The smallest absolute Gasteiger partial charge is 0.239 e. The molecular weight excluding hydrogens is 272 g/mol. The lowest BCUT2D eigenvalue weighted by Crippen LogP contribution is -2.63. The number of nitrogens with zero attached hydrogens (tertiary/aromatic N) is 2. The molecule has 2 saturated heterocycles. The molecule has 1 atom stereocenters. The van der Waals surface area contributed by atoms with E-state index in [1.807, 2.05) is 13.8 Å². The second-order valence-electron chi connectivity index (χ2n) is 7.31. The van der Waals surface area contributed by atoms with Gasteiger partial charge in [-0.1, -0.05) is 19.4 Å². The normalized spacial score (nSPS) is 30.4. The van der Waals surface area contributed by atoms with Gasteiger partial charge >= 0.3 is 0 Å². The fraction of sp³-hybridized carbons (Fsp3) is 0.867. The van der Waals surface area contributed by atoms with Crippen molar-refractivity contribution in [2.24, 2.45) is 5.41 Å². The van der Waals surface area contributed by atoms with Gasteiger partial charge in [0.25, 0.3) is 0 Å². The number of sulfonamides is 1. The third-order valence-electron chi connectivity index (χ3n) is 4.79. The molecule has 2 aliphatic heterocycles. The zero-order valence-corrected chi connectivity index (χ0v) is 14.4. The van der Waals surface area contributed by atoms with Gasteiger partial charge in [0, 0.05) is 31.7 Å². The Kier molecular flexibility index (Phi) is 4.08. The van der Waals surface area contributed by atoms with Crippen LogP contribution in [0.5, 0.6) is 0 Å². The van der Waals surface area contributed by atoms with Crippen LogP contribution in [0, 0.1) is 5.41 Å². The van der Waals surface area contributed by atoms with Gasteiger partial charge in [0.2, 0.25) is 10.0 Å². The molecule has 116 valence electrons. The second-order valence-corrected chi connectivity index (χ2v) is 9.22. The summed E-state index contributed by atoms with van der Waals surface area (Å²) >= 11 is 0. The summed E-state index contributed by atoms with van der Waals surface area (Å²) < 4.78 is 27.4. The van der Waals surface area contributed by atoms with Crippen molar-refractivity contribution in [1.82, 2.24) is 9.21 Å². The van der Waals surface area contributed by atoms with E-state index in [-0.39, 0.29) is 11.5 Å². The number of hydrogen-bond donors (Lipinski definition) is 0. The molecule has 2 aliphatic rings. The van der Waals surface area contributed by atoms with Crippen LogP contribution >= 0.6 is 0 Å². The molecule has 20 heavy (non-hydrogen) atoms. The lowest BCUT2D eigenvalue weighted by atomic mass is 9.79. The Labute approximate surface area is 123 Å². The Bertz CT molecular complexity index is 516. The third kappa shape index (κ3) is 2.55. The Morgan fingerprint density at radius 2 is 1.85 bits per heavy atom. The highest BCUT2D eigenvalue weighted by molar-refractivity contribution is 7.93. The summed E-state index contributed by atoms with van der Waals surface area (Å²) in [6, 6.07) is 0.562. The summed E-state index contributed by atoms with van der Waals surface area (Å²) in [6.07, 6.45) is 0.658. The Balaban J connectivity index is 2.42. The minimum absolute atomic E-state index is 0.00845. The zero-order chi connectivity index (χ0) is 15.3. The van der Waals surface area contributed by atoms with Crippen molar-refractivity contribution >= 4 is 10.0 Å². The van der Waals surface area contributed by atoms with E-state index < -0.39 is 10.0 Å². The molecule has 2 fully saturated rings. The quantitative estimate of drug-likeness (QED) is 0.747. The van der Waals surface area contributed by atoms with Crippen molar-refractivity contribution in [3.05, 3.63) is 10.5 Å². The van der Waals surface area contributed by atoms with Gasteiger partial charge in [-0.25, -0.2) is 8.42 Å². The number of rotatable bonds is 1. The molecule has 0 saturated carbocycles. The van der Waals surface area contributed by atoms with Crippen molar-refractivity contribution in [1.29, 1.82) is 0 Å². The van der Waals surface area contributed by atoms with Gasteiger partial charge in [0.05, 0.1) is 4.91 Å². The van der Waals surface area contributed by atoms with Crippen LogP contribution in [-0.4, -0.2) is 49.3 Å². The van der Waals surface area contributed by atoms with Crippen molar-refractivity contribution in [3.8, 4) is 0 Å². The maximum Gasteiger partial charge on any atom is 0.239 e. The van der Waals surface area contributed by atoms with Gasteiger partial charge in [-0.3, -0.25) is 4.90 Å². The molecule has 0 aromatic heterocycles. The van der Waals surface area contributed by atoms with Crippen molar-refractivity contribution in [3.63, 3.8) is 0 Å². The number of fused-ring (bicyclic) bond motifs is 1. The first-order valence-corrected chi connectivity index (χ1v) is 8.93. The first-order chi connectivity index (χ1) is 9.07. The molecule has 4 nitrogen and oxygen atoms in total. The SMILES string of the molecule is CC(C)=C1CC(C)(C)C2CN(C(C)C)CCN2S1(=O)=O. The van der Waals surface area contributed by atoms with Crippen LogP contribution in [0.25, 0.3) is 0 Å². The maximum absolute atomic E-state index is 12.8. The van der Waals surface area contributed by atoms with E-state index >= 15 is 0 Å². The van der Waals surface area contributed by atoms with E-state index in [9.17, 15) is 8.42 Å². The topological polar surface area (TPSA) is 40.6 Å². The van der Waals surface area contributed by atoms with Gasteiger partial charge < -0.3 is 0 Å². The van der Waals surface area contributed by atoms with Crippen molar-refractivity contribution < 1.29 is 8.42 Å². The monoisotopic (exact) mass is 300 g/mol. The first-order valence-electron chi connectivity index (χ1n) is 7.49. The molecule has 2 rings (SSSR count). The van der Waals surface area contributed by atoms with Crippen LogP contribution in [0.3, 0.4) is 0 Å². The van der Waals surface area contributed by atoms with E-state index in [0.717, 1.165) is 18.7 Å². The predicted molar refractivity (Wildman–Crippen MR) is 82.9 cm³/mol. The summed E-state index contributed by atoms with van der Waals surface area (Å²) in [5.74, 6) is 0. The number of piperazine rings is 1. The van der Waals surface area contributed by atoms with E-state index in [4.69, 9.17) is 0 Å². The first kappa shape index (κ1) is 16.0. The minimum atomic E-state index is -3.26. The molecule has 0 N–H and O–H groups in total. The van der Waals surface area contributed by atoms with Crippen LogP contribution in [-0.2, 0) is 10.0 Å². The summed E-state index contributed by atoms with van der Waals surface area (Å²) in [5, 5.41) is 0. The average Bonchev–Trinajstić information content (AvgIpc) is 2.33. The number of hydrogen-bond acceptors (Lipinski definition) is 3. The molecular formula is C15H28N2O2S. The van der Waals surface area contributed by atoms with E-state index in [1.54, 1.807) is 4.31 Å². The Morgan fingerprint density at radius 1 is 1.25 bits per heavy atom. The average molecular weight is 300 g/mol. The van der Waals surface area contributed by atoms with Gasteiger partial charge in [0.1, 0.15) is 0 Å². The molecule has 0 radical (unpaired) electrons. The van der Waals surface area contributed by atoms with E-state index in [0.29, 0.717) is 23.9 Å². The fourth-order valence-electron chi connectivity index (χ4n) is 3.38. The zero-order valence-electron chi connectivity index (χ0n) is 13.6. The largest absolute Gasteiger partial charge is 0.298 e. The summed E-state index contributed by atoms with van der Waals surface area (Å²) in [6.45, 7) is 14.9. The van der Waals surface area contributed by atoms with Crippen LogP contribution in [0.4, 0.5) is 0 Å². The van der Waals surface area contributed by atoms with Crippen LogP contribution in [0.1, 0.15) is 48.0 Å². The van der Waals surface area contributed by atoms with Crippen LogP contribution < -0.4 is 0 Å². The van der Waals surface area contributed by atoms with Gasteiger partial charge in [-0.05, 0) is 39.5 Å². The molecule has 2 heterocycles. The molecule has 1 unspecified atom stereocenters. The summed E-state index contributed by atoms with van der Waals surface area (Å²) in [4.78, 5) is 3.03. The van der Waals surface area contributed by atoms with Crippen LogP contribution in [0.15, 0.2) is 10.5 Å². The molecule has 0 spiro atoms. The minimum Gasteiger partial charge on any atom is -0.298 e. The summed E-state index contributed by atoms with van der Waals surface area (Å²) in [7, 11) is -3.26. The lowest BCUT2D eigenvalue weighted by Gasteiger charge is -2.52. The summed E-state index contributed by atoms with van der Waals surface area (Å²) in [5.41, 5.74) is 0.925. The second kappa shape index (κ2) is 5.11. The van der Waals surface area contributed by atoms with Gasteiger partial charge in [-0.2, -0.15) is 4.31 Å². The fourth-order valence-corrected chi connectivity index (χ4v) is 5.74. The molecule has 5 heteroatoms. The maximum atomic E-state index is 12.8. The highest BCUT2D eigenvalue weighted by Crippen LogP contribution is 2.44. The van der Waals surface area contributed by atoms with Crippen LogP contribution in [0.2, 0.25) is 0 Å². The van der Waals surface area contributed by atoms with E-state index in [1.165, 1.54) is 0 Å². The van der Waals surface area contributed by atoms with Gasteiger partial charge in [0.15, 0.2) is 0 Å². The van der Waals surface area contributed by atoms with Crippen molar-refractivity contribution in [2.75, 3.05) is 19.6 Å². The standard InChI is InChI=1S/C15H28N2O2S/c1-11(2)13-9-15(5,6)14-10-16(12(3)4)7-8-17(14)20(13,18)19/h12,14H,7-10H2,1-6H3. The van der Waals surface area contributed by atoms with Gasteiger partial charge in [-0.15, -0.1) is 0 Å².